The van der Waals surface area contributed by atoms with E-state index in [-0.39, 0.29) is 19.4 Å². The fourth-order valence-electron chi connectivity index (χ4n) is 1.28. The van der Waals surface area contributed by atoms with Crippen molar-refractivity contribution in [1.82, 2.24) is 0 Å². The van der Waals surface area contributed by atoms with Crippen molar-refractivity contribution in [1.29, 1.82) is 0 Å². The largest absolute Gasteiger partial charge is 0.497 e. The lowest BCUT2D eigenvalue weighted by Gasteiger charge is -2.05. The SMILES string of the molecule is COc1ccc(COC(=O)CCC(=O)C(=O)O)cc1. The van der Waals surface area contributed by atoms with Crippen LogP contribution in [0.25, 0.3) is 0 Å². The van der Waals surface area contributed by atoms with Crippen LogP contribution in [-0.2, 0) is 25.7 Å². The molecule has 1 aromatic carbocycles. The number of carbonyl (C=O) groups excluding carboxylic acids is 2. The second-order valence-corrected chi connectivity index (χ2v) is 3.74. The zero-order valence-electron chi connectivity index (χ0n) is 10.4. The first-order valence-electron chi connectivity index (χ1n) is 5.57. The molecule has 1 N–H and O–H groups in total. The van der Waals surface area contributed by atoms with Crippen LogP contribution >= 0.6 is 0 Å². The molecule has 0 aliphatic heterocycles. The van der Waals surface area contributed by atoms with Crippen LogP contribution in [0, 0.1) is 0 Å². The highest BCUT2D eigenvalue weighted by molar-refractivity contribution is 6.32. The molecular formula is C13H14O6. The molecular weight excluding hydrogens is 252 g/mol. The highest BCUT2D eigenvalue weighted by Gasteiger charge is 2.14. The second-order valence-electron chi connectivity index (χ2n) is 3.74. The summed E-state index contributed by atoms with van der Waals surface area (Å²) in [5.74, 6) is -2.45. The summed E-state index contributed by atoms with van der Waals surface area (Å²) in [6, 6.07) is 6.96. The molecule has 0 bridgehead atoms. The molecule has 0 aliphatic carbocycles. The van der Waals surface area contributed by atoms with Gasteiger partial charge in [0.15, 0.2) is 0 Å². The van der Waals surface area contributed by atoms with Crippen LogP contribution in [0.5, 0.6) is 5.75 Å². The van der Waals surface area contributed by atoms with Crippen molar-refractivity contribution in [2.75, 3.05) is 7.11 Å². The van der Waals surface area contributed by atoms with Gasteiger partial charge in [0.05, 0.1) is 13.5 Å². The molecule has 6 nitrogen and oxygen atoms in total. The van der Waals surface area contributed by atoms with Crippen molar-refractivity contribution in [3.05, 3.63) is 29.8 Å². The van der Waals surface area contributed by atoms with Crippen molar-refractivity contribution in [3.8, 4) is 5.75 Å². The molecule has 0 aliphatic rings. The number of carbonyl (C=O) groups is 3. The van der Waals surface area contributed by atoms with Gasteiger partial charge in [-0.05, 0) is 17.7 Å². The molecule has 1 aromatic rings. The minimum Gasteiger partial charge on any atom is -0.497 e. The number of methoxy groups -OCH3 is 1. The van der Waals surface area contributed by atoms with Gasteiger partial charge in [-0.15, -0.1) is 0 Å². The number of carboxylic acids is 1. The lowest BCUT2D eigenvalue weighted by atomic mass is 10.2. The van der Waals surface area contributed by atoms with Gasteiger partial charge in [0.25, 0.3) is 0 Å². The van der Waals surface area contributed by atoms with Crippen molar-refractivity contribution in [2.24, 2.45) is 0 Å². The molecule has 0 amide bonds. The fraction of sp³-hybridized carbons (Fsp3) is 0.308. The summed E-state index contributed by atoms with van der Waals surface area (Å²) in [5, 5.41) is 8.34. The summed E-state index contributed by atoms with van der Waals surface area (Å²) < 4.78 is 9.89. The third kappa shape index (κ3) is 5.20. The quantitative estimate of drug-likeness (QED) is 0.588. The van der Waals surface area contributed by atoms with E-state index in [4.69, 9.17) is 14.6 Å². The van der Waals surface area contributed by atoms with E-state index in [0.29, 0.717) is 5.75 Å². The first-order chi connectivity index (χ1) is 9.02. The zero-order chi connectivity index (χ0) is 14.3. The Balaban J connectivity index is 2.33. The van der Waals surface area contributed by atoms with Gasteiger partial charge in [-0.3, -0.25) is 9.59 Å². The average Bonchev–Trinajstić information content (AvgIpc) is 2.42. The topological polar surface area (TPSA) is 89.9 Å². The van der Waals surface area contributed by atoms with Crippen LogP contribution < -0.4 is 4.74 Å². The summed E-state index contributed by atoms with van der Waals surface area (Å²) in [6.45, 7) is 0.0735. The summed E-state index contributed by atoms with van der Waals surface area (Å²) in [4.78, 5) is 32.3. The predicted molar refractivity (Wildman–Crippen MR) is 64.7 cm³/mol. The number of aliphatic carboxylic acids is 1. The number of ether oxygens (including phenoxy) is 2. The third-order valence-electron chi connectivity index (χ3n) is 2.35. The predicted octanol–water partition coefficient (Wildman–Crippen LogP) is 1.17. The number of carboxylic acid groups (broad SMARTS) is 1. The minimum absolute atomic E-state index is 0.0735. The van der Waals surface area contributed by atoms with E-state index in [1.807, 2.05) is 0 Å². The van der Waals surface area contributed by atoms with Gasteiger partial charge in [0.1, 0.15) is 12.4 Å². The van der Waals surface area contributed by atoms with Gasteiger partial charge in [0.2, 0.25) is 5.78 Å². The Morgan fingerprint density at radius 1 is 1.11 bits per heavy atom. The van der Waals surface area contributed by atoms with Gasteiger partial charge in [-0.2, -0.15) is 0 Å². The van der Waals surface area contributed by atoms with Crippen LogP contribution in [0.3, 0.4) is 0 Å². The minimum atomic E-state index is -1.54. The van der Waals surface area contributed by atoms with E-state index in [2.05, 4.69) is 0 Å². The lowest BCUT2D eigenvalue weighted by molar-refractivity contribution is -0.151. The molecule has 19 heavy (non-hydrogen) atoms. The smallest absolute Gasteiger partial charge is 0.372 e. The summed E-state index contributed by atoms with van der Waals surface area (Å²) >= 11 is 0. The monoisotopic (exact) mass is 266 g/mol. The Morgan fingerprint density at radius 2 is 1.74 bits per heavy atom. The molecule has 6 heteroatoms. The maximum absolute atomic E-state index is 11.3. The first-order valence-corrected chi connectivity index (χ1v) is 5.57. The maximum atomic E-state index is 11.3. The Hall–Kier alpha value is -2.37. The molecule has 0 atom stereocenters. The third-order valence-corrected chi connectivity index (χ3v) is 2.35. The Labute approximate surface area is 109 Å². The molecule has 0 fully saturated rings. The van der Waals surface area contributed by atoms with E-state index < -0.39 is 17.7 Å². The number of hydrogen-bond acceptors (Lipinski definition) is 5. The van der Waals surface area contributed by atoms with Gasteiger partial charge in [-0.25, -0.2) is 4.79 Å². The number of benzene rings is 1. The Bertz CT molecular complexity index is 463. The summed E-state index contributed by atoms with van der Waals surface area (Å²) in [6.07, 6.45) is -0.585. The van der Waals surface area contributed by atoms with E-state index in [0.717, 1.165) is 5.56 Å². The highest BCUT2D eigenvalue weighted by atomic mass is 16.5. The van der Waals surface area contributed by atoms with Gasteiger partial charge in [0, 0.05) is 6.42 Å². The molecule has 0 saturated heterocycles. The molecule has 102 valence electrons. The van der Waals surface area contributed by atoms with E-state index >= 15 is 0 Å². The van der Waals surface area contributed by atoms with Crippen LogP contribution in [0.4, 0.5) is 0 Å². The lowest BCUT2D eigenvalue weighted by Crippen LogP contribution is -2.15. The Morgan fingerprint density at radius 3 is 2.26 bits per heavy atom. The van der Waals surface area contributed by atoms with Gasteiger partial charge >= 0.3 is 11.9 Å². The second kappa shape index (κ2) is 7.15. The van der Waals surface area contributed by atoms with E-state index in [1.165, 1.54) is 0 Å². The maximum Gasteiger partial charge on any atom is 0.372 e. The van der Waals surface area contributed by atoms with Crippen molar-refractivity contribution in [2.45, 2.75) is 19.4 Å². The molecule has 0 unspecified atom stereocenters. The van der Waals surface area contributed by atoms with E-state index in [9.17, 15) is 14.4 Å². The molecule has 0 aromatic heterocycles. The van der Waals surface area contributed by atoms with Crippen molar-refractivity contribution in [3.63, 3.8) is 0 Å². The molecule has 0 radical (unpaired) electrons. The van der Waals surface area contributed by atoms with Crippen LogP contribution in [-0.4, -0.2) is 29.9 Å². The zero-order valence-corrected chi connectivity index (χ0v) is 10.4. The molecule has 0 spiro atoms. The summed E-state index contributed by atoms with van der Waals surface area (Å²) in [5.41, 5.74) is 0.777. The molecule has 0 saturated carbocycles. The van der Waals surface area contributed by atoms with Crippen LogP contribution in [0.15, 0.2) is 24.3 Å². The standard InChI is InChI=1S/C13H14O6/c1-18-10-4-2-9(3-5-10)8-19-12(15)7-6-11(14)13(16)17/h2-5H,6-8H2,1H3,(H,16,17). The normalized spacial score (nSPS) is 9.74. The highest BCUT2D eigenvalue weighted by Crippen LogP contribution is 2.12. The van der Waals surface area contributed by atoms with Crippen LogP contribution in [0.1, 0.15) is 18.4 Å². The Kier molecular flexibility index (Phi) is 5.53. The molecule has 1 rings (SSSR count). The van der Waals surface area contributed by atoms with Gasteiger partial charge in [-0.1, -0.05) is 12.1 Å². The van der Waals surface area contributed by atoms with Crippen molar-refractivity contribution >= 4 is 17.7 Å². The number of rotatable bonds is 7. The molecule has 0 heterocycles. The fourth-order valence-corrected chi connectivity index (χ4v) is 1.28. The van der Waals surface area contributed by atoms with E-state index in [1.54, 1.807) is 31.4 Å². The average molecular weight is 266 g/mol. The number of hydrogen-bond donors (Lipinski definition) is 1. The van der Waals surface area contributed by atoms with Crippen molar-refractivity contribution < 1.29 is 29.0 Å². The summed E-state index contributed by atoms with van der Waals surface area (Å²) in [7, 11) is 1.55. The number of ketones is 1. The van der Waals surface area contributed by atoms with Gasteiger partial charge < -0.3 is 14.6 Å². The van der Waals surface area contributed by atoms with Crippen LogP contribution in [0.2, 0.25) is 0 Å². The number of Topliss-reactive ketones (excluding diaryl/α,β-unsaturated/α-hetero) is 1. The number of esters is 1. The first kappa shape index (κ1) is 14.7.